The van der Waals surface area contributed by atoms with E-state index < -0.39 is 12.2 Å². The van der Waals surface area contributed by atoms with Crippen LogP contribution in [0.5, 0.6) is 0 Å². The highest BCUT2D eigenvalue weighted by atomic mass is 16.5. The second kappa shape index (κ2) is 13.8. The molecule has 0 aliphatic heterocycles. The van der Waals surface area contributed by atoms with Gasteiger partial charge in [-0.3, -0.25) is 0 Å². The van der Waals surface area contributed by atoms with Gasteiger partial charge in [-0.2, -0.15) is 0 Å². The van der Waals surface area contributed by atoms with Crippen molar-refractivity contribution >= 4 is 0 Å². The first-order chi connectivity index (χ1) is 7.06. The molecule has 0 aromatic rings. The molecule has 0 spiro atoms. The van der Waals surface area contributed by atoms with Gasteiger partial charge in [0.1, 0.15) is 0 Å². The molecule has 2 unspecified atom stereocenters. The number of rotatable bonds is 7. The third kappa shape index (κ3) is 20.0. The molecule has 0 saturated carbocycles. The van der Waals surface area contributed by atoms with Crippen LogP contribution < -0.4 is 0 Å². The quantitative estimate of drug-likeness (QED) is 0.598. The number of hydrogen-bond donors (Lipinski definition) is 2. The van der Waals surface area contributed by atoms with E-state index in [1.54, 1.807) is 28.1 Å². The summed E-state index contributed by atoms with van der Waals surface area (Å²) in [6.07, 6.45) is -1.19. The highest BCUT2D eigenvalue weighted by molar-refractivity contribution is 4.50. The van der Waals surface area contributed by atoms with E-state index in [1.807, 2.05) is 0 Å². The molecule has 15 heavy (non-hydrogen) atoms. The maximum Gasteiger partial charge on any atom is 0.0768 e. The van der Waals surface area contributed by atoms with E-state index in [0.29, 0.717) is 26.4 Å². The molecule has 0 fully saturated rings. The molecule has 5 nitrogen and oxygen atoms in total. The average molecular weight is 224 g/mol. The Bertz CT molecular complexity index is 94.0. The molecule has 0 aromatic heterocycles. The van der Waals surface area contributed by atoms with E-state index in [1.165, 1.54) is 0 Å². The van der Waals surface area contributed by atoms with Crippen LogP contribution in [0, 0.1) is 0 Å². The summed E-state index contributed by atoms with van der Waals surface area (Å²) in [6, 6.07) is 0. The number of aliphatic hydroxyl groups excluding tert-OH is 2. The Morgan fingerprint density at radius 2 is 1.13 bits per heavy atom. The minimum Gasteiger partial charge on any atom is -0.391 e. The van der Waals surface area contributed by atoms with Crippen LogP contribution in [0.15, 0.2) is 0 Å². The summed E-state index contributed by atoms with van der Waals surface area (Å²) in [6.45, 7) is 5.71. The van der Waals surface area contributed by atoms with Crippen LogP contribution in [-0.4, -0.2) is 63.1 Å². The van der Waals surface area contributed by atoms with Gasteiger partial charge in [0.25, 0.3) is 0 Å². The van der Waals surface area contributed by atoms with Crippen LogP contribution in [0.4, 0.5) is 0 Å². The first-order valence-electron chi connectivity index (χ1n) is 4.98. The fraction of sp³-hybridized carbons (Fsp3) is 1.00. The smallest absolute Gasteiger partial charge is 0.0768 e. The van der Waals surface area contributed by atoms with Crippen LogP contribution in [0.3, 0.4) is 0 Å². The third-order valence-electron chi connectivity index (χ3n) is 1.56. The number of ether oxygens (including phenoxy) is 3. The van der Waals surface area contributed by atoms with Gasteiger partial charge in [-0.1, -0.05) is 0 Å². The lowest BCUT2D eigenvalue weighted by atomic mass is 10.3. The van der Waals surface area contributed by atoms with E-state index >= 15 is 0 Å². The Hall–Kier alpha value is -0.200. The molecule has 2 N–H and O–H groups in total. The topological polar surface area (TPSA) is 68.2 Å². The lowest BCUT2D eigenvalue weighted by Gasteiger charge is -2.03. The fourth-order valence-electron chi connectivity index (χ4n) is 0.387. The van der Waals surface area contributed by atoms with E-state index in [9.17, 15) is 0 Å². The van der Waals surface area contributed by atoms with Crippen molar-refractivity contribution in [3.05, 3.63) is 0 Å². The number of aliphatic hydroxyl groups is 2. The van der Waals surface area contributed by atoms with Crippen LogP contribution >= 0.6 is 0 Å². The van der Waals surface area contributed by atoms with Gasteiger partial charge in [0.15, 0.2) is 0 Å². The Morgan fingerprint density at radius 3 is 1.33 bits per heavy atom. The molecule has 0 bridgehead atoms. The van der Waals surface area contributed by atoms with Gasteiger partial charge in [0.2, 0.25) is 0 Å². The largest absolute Gasteiger partial charge is 0.391 e. The van der Waals surface area contributed by atoms with Gasteiger partial charge in [-0.05, 0) is 13.8 Å². The molecular formula is C10H24O5. The Morgan fingerprint density at radius 1 is 0.800 bits per heavy atom. The van der Waals surface area contributed by atoms with E-state index in [-0.39, 0.29) is 0 Å². The number of methoxy groups -OCH3 is 2. The van der Waals surface area contributed by atoms with Gasteiger partial charge in [0, 0.05) is 14.2 Å². The first-order valence-corrected chi connectivity index (χ1v) is 4.98. The minimum atomic E-state index is -0.593. The maximum atomic E-state index is 8.38. The van der Waals surface area contributed by atoms with E-state index in [4.69, 9.17) is 24.4 Å². The van der Waals surface area contributed by atoms with Crippen LogP contribution in [0.1, 0.15) is 13.8 Å². The first kappa shape index (κ1) is 17.2. The summed E-state index contributed by atoms with van der Waals surface area (Å²) in [5, 5.41) is 16.8. The number of hydrogen-bond acceptors (Lipinski definition) is 5. The molecule has 2 atom stereocenters. The lowest BCUT2D eigenvalue weighted by Crippen LogP contribution is -2.17. The summed E-state index contributed by atoms with van der Waals surface area (Å²) in [5.74, 6) is 0. The van der Waals surface area contributed by atoms with Gasteiger partial charge < -0.3 is 24.4 Å². The predicted octanol–water partition coefficient (Wildman–Crippen LogP) is 0.0438. The molecule has 0 amide bonds. The van der Waals surface area contributed by atoms with Crippen LogP contribution in [0.2, 0.25) is 0 Å². The summed E-state index contributed by atoms with van der Waals surface area (Å²) in [5.41, 5.74) is 0. The van der Waals surface area contributed by atoms with Crippen molar-refractivity contribution in [1.82, 2.24) is 0 Å². The highest BCUT2D eigenvalue weighted by Gasteiger charge is 1.99. The highest BCUT2D eigenvalue weighted by Crippen LogP contribution is 1.85. The standard InChI is InChI=1S/C6H14O3.C4H10O2/c1-7-3-5-9-6-4-8-2;1-3(5)4(2)6/h3-6H2,1-2H3;3-6H,1-2H3. The summed E-state index contributed by atoms with van der Waals surface area (Å²) < 4.78 is 14.6. The molecule has 94 valence electrons. The second-order valence-electron chi connectivity index (χ2n) is 3.08. The molecule has 0 rings (SSSR count). The van der Waals surface area contributed by atoms with Crippen molar-refractivity contribution in [2.45, 2.75) is 26.1 Å². The zero-order valence-corrected chi connectivity index (χ0v) is 10.1. The Kier molecular flexibility index (Phi) is 15.8. The fourth-order valence-corrected chi connectivity index (χ4v) is 0.387. The average Bonchev–Trinajstić information content (AvgIpc) is 2.18. The lowest BCUT2D eigenvalue weighted by molar-refractivity contribution is 0.0385. The Balaban J connectivity index is 0. The van der Waals surface area contributed by atoms with Crippen molar-refractivity contribution in [2.75, 3.05) is 40.6 Å². The predicted molar refractivity (Wildman–Crippen MR) is 57.9 cm³/mol. The normalized spacial score (nSPS) is 14.0. The minimum absolute atomic E-state index is 0.593. The van der Waals surface area contributed by atoms with Crippen molar-refractivity contribution in [3.63, 3.8) is 0 Å². The van der Waals surface area contributed by atoms with Crippen molar-refractivity contribution in [1.29, 1.82) is 0 Å². The molecule has 0 aliphatic carbocycles. The second-order valence-corrected chi connectivity index (χ2v) is 3.08. The molecule has 0 aliphatic rings. The molecular weight excluding hydrogens is 200 g/mol. The molecule has 0 heterocycles. The summed E-state index contributed by atoms with van der Waals surface area (Å²) in [4.78, 5) is 0. The van der Waals surface area contributed by atoms with Crippen molar-refractivity contribution in [3.8, 4) is 0 Å². The van der Waals surface area contributed by atoms with Crippen molar-refractivity contribution < 1.29 is 24.4 Å². The zero-order chi connectivity index (χ0) is 12.1. The van der Waals surface area contributed by atoms with Gasteiger partial charge in [0.05, 0.1) is 38.6 Å². The summed E-state index contributed by atoms with van der Waals surface area (Å²) in [7, 11) is 3.30. The zero-order valence-electron chi connectivity index (χ0n) is 10.1. The third-order valence-corrected chi connectivity index (χ3v) is 1.56. The van der Waals surface area contributed by atoms with Gasteiger partial charge in [-0.25, -0.2) is 0 Å². The SMILES string of the molecule is CC(O)C(C)O.COCCOCCOC. The van der Waals surface area contributed by atoms with Crippen molar-refractivity contribution in [2.24, 2.45) is 0 Å². The summed E-state index contributed by atoms with van der Waals surface area (Å²) >= 11 is 0. The maximum absolute atomic E-state index is 8.38. The van der Waals surface area contributed by atoms with E-state index in [2.05, 4.69) is 0 Å². The van der Waals surface area contributed by atoms with Gasteiger partial charge >= 0.3 is 0 Å². The molecule has 0 saturated heterocycles. The molecule has 0 aromatic carbocycles. The monoisotopic (exact) mass is 224 g/mol. The molecule has 0 radical (unpaired) electrons. The molecule has 5 heteroatoms. The van der Waals surface area contributed by atoms with Crippen LogP contribution in [-0.2, 0) is 14.2 Å². The van der Waals surface area contributed by atoms with Gasteiger partial charge in [-0.15, -0.1) is 0 Å². The van der Waals surface area contributed by atoms with E-state index in [0.717, 1.165) is 0 Å². The Labute approximate surface area is 92.0 Å². The van der Waals surface area contributed by atoms with Crippen LogP contribution in [0.25, 0.3) is 0 Å².